The second-order valence-corrected chi connectivity index (χ2v) is 2.36. The fraction of sp³-hybridized carbons (Fsp3) is 0.750. The van der Waals surface area contributed by atoms with Crippen molar-refractivity contribution in [3.63, 3.8) is 0 Å². The Bertz CT molecular complexity index is 106. The van der Waals surface area contributed by atoms with Crippen molar-refractivity contribution in [3.8, 4) is 0 Å². The Morgan fingerprint density at radius 2 is 1.82 bits per heavy atom. The van der Waals surface area contributed by atoms with Crippen LogP contribution in [0.3, 0.4) is 0 Å². The first kappa shape index (κ1) is 14.1. The minimum atomic E-state index is 0. The van der Waals surface area contributed by atoms with Gasteiger partial charge in [0, 0.05) is 6.04 Å². The third-order valence-electron chi connectivity index (χ3n) is 1.17. The molecule has 3 heteroatoms. The maximum Gasteiger partial charge on any atom is 2.00 e. The van der Waals surface area contributed by atoms with E-state index in [1.807, 2.05) is 34.1 Å². The molecule has 0 amide bonds. The quantitative estimate of drug-likeness (QED) is 0.590. The SMILES string of the molecule is CC1N=[C-]OC1C.C[CH-]C.[U+2]. The van der Waals surface area contributed by atoms with E-state index in [0.717, 1.165) is 0 Å². The molecule has 2 unspecified atom stereocenters. The Morgan fingerprint density at radius 3 is 1.91 bits per heavy atom. The fourth-order valence-electron chi connectivity index (χ4n) is 0.400. The van der Waals surface area contributed by atoms with Gasteiger partial charge in [-0.3, -0.25) is 0 Å². The zero-order valence-corrected chi connectivity index (χ0v) is 11.8. The molecular formula is C8H15NOU. The van der Waals surface area contributed by atoms with Gasteiger partial charge in [0.15, 0.2) is 0 Å². The van der Waals surface area contributed by atoms with E-state index < -0.39 is 0 Å². The van der Waals surface area contributed by atoms with Gasteiger partial charge in [-0.15, -0.1) is 0 Å². The minimum absolute atomic E-state index is 0. The number of rotatable bonds is 0. The monoisotopic (exact) mass is 379 g/mol. The van der Waals surface area contributed by atoms with E-state index in [9.17, 15) is 0 Å². The van der Waals surface area contributed by atoms with Crippen molar-refractivity contribution in [2.75, 3.05) is 0 Å². The summed E-state index contributed by atoms with van der Waals surface area (Å²) in [5, 5.41) is 0. The zero-order valence-electron chi connectivity index (χ0n) is 7.59. The van der Waals surface area contributed by atoms with Gasteiger partial charge in [-0.25, -0.2) is 6.40 Å². The average molecular weight is 379 g/mol. The van der Waals surface area contributed by atoms with Crippen LogP contribution in [0.4, 0.5) is 0 Å². The van der Waals surface area contributed by atoms with E-state index in [1.165, 1.54) is 0 Å². The molecule has 0 saturated carbocycles. The number of hydrogen-bond acceptors (Lipinski definition) is 2. The van der Waals surface area contributed by atoms with Crippen LogP contribution in [0.2, 0.25) is 0 Å². The van der Waals surface area contributed by atoms with Gasteiger partial charge in [-0.05, 0) is 13.8 Å². The summed E-state index contributed by atoms with van der Waals surface area (Å²) in [6.07, 6.45) is 4.68. The number of aliphatic imine (C=N–C) groups is 1. The molecule has 0 saturated heterocycles. The zero-order chi connectivity index (χ0) is 7.98. The summed E-state index contributed by atoms with van der Waals surface area (Å²) in [5.41, 5.74) is 0. The van der Waals surface area contributed by atoms with E-state index >= 15 is 0 Å². The van der Waals surface area contributed by atoms with Crippen molar-refractivity contribution in [2.45, 2.75) is 39.8 Å². The van der Waals surface area contributed by atoms with Crippen LogP contribution in [-0.4, -0.2) is 18.5 Å². The first-order valence-electron chi connectivity index (χ1n) is 3.56. The Balaban J connectivity index is 0. The molecule has 0 N–H and O–H groups in total. The summed E-state index contributed by atoms with van der Waals surface area (Å²) in [6, 6.07) is 0.306. The molecule has 0 fully saturated rings. The van der Waals surface area contributed by atoms with Crippen molar-refractivity contribution < 1.29 is 35.9 Å². The van der Waals surface area contributed by atoms with E-state index in [0.29, 0.717) is 6.04 Å². The molecule has 0 aromatic heterocycles. The number of hydrogen-bond donors (Lipinski definition) is 0. The predicted octanol–water partition coefficient (Wildman–Crippen LogP) is 1.93. The molecule has 0 aromatic rings. The van der Waals surface area contributed by atoms with E-state index in [1.54, 1.807) is 0 Å². The molecule has 62 valence electrons. The van der Waals surface area contributed by atoms with Crippen molar-refractivity contribution in [2.24, 2.45) is 4.99 Å². The molecule has 0 aliphatic carbocycles. The molecule has 0 aromatic carbocycles. The molecule has 1 aliphatic heterocycles. The molecule has 0 radical (unpaired) electrons. The summed E-state index contributed by atoms with van der Waals surface area (Å²) in [7, 11) is 0. The van der Waals surface area contributed by atoms with Gasteiger partial charge in [0.05, 0.1) is 6.10 Å². The van der Waals surface area contributed by atoms with E-state index in [-0.39, 0.29) is 37.2 Å². The normalized spacial score (nSPS) is 26.2. The van der Waals surface area contributed by atoms with Crippen molar-refractivity contribution in [1.29, 1.82) is 0 Å². The summed E-state index contributed by atoms with van der Waals surface area (Å²) in [6.45, 7) is 7.98. The maximum atomic E-state index is 4.85. The average Bonchev–Trinajstić information content (AvgIpc) is 2.19. The molecule has 1 heterocycles. The summed E-state index contributed by atoms with van der Waals surface area (Å²) < 4.78 is 4.85. The van der Waals surface area contributed by atoms with E-state index in [4.69, 9.17) is 4.74 Å². The molecule has 2 nitrogen and oxygen atoms in total. The Hall–Kier alpha value is 0.522. The number of ether oxygens (including phenoxy) is 1. The van der Waals surface area contributed by atoms with Gasteiger partial charge in [-0.1, -0.05) is 0 Å². The topological polar surface area (TPSA) is 21.6 Å². The Labute approximate surface area is 93.2 Å². The molecule has 1 rings (SSSR count). The Morgan fingerprint density at radius 1 is 1.36 bits per heavy atom. The van der Waals surface area contributed by atoms with Crippen LogP contribution in [0.15, 0.2) is 4.99 Å². The maximum absolute atomic E-state index is 4.85. The van der Waals surface area contributed by atoms with Crippen LogP contribution in [-0.2, 0) is 4.74 Å². The van der Waals surface area contributed by atoms with Crippen molar-refractivity contribution in [3.05, 3.63) is 6.42 Å². The molecular weight excluding hydrogens is 364 g/mol. The molecule has 11 heavy (non-hydrogen) atoms. The molecule has 1 aliphatic rings. The van der Waals surface area contributed by atoms with Crippen LogP contribution in [0, 0.1) is 37.5 Å². The van der Waals surface area contributed by atoms with Crippen LogP contribution in [0.1, 0.15) is 27.7 Å². The molecule has 0 bridgehead atoms. The molecule has 0 spiro atoms. The van der Waals surface area contributed by atoms with Gasteiger partial charge >= 0.3 is 31.1 Å². The van der Waals surface area contributed by atoms with Gasteiger partial charge in [0.25, 0.3) is 0 Å². The minimum Gasteiger partial charge on any atom is -0.671 e. The third kappa shape index (κ3) is 6.90. The van der Waals surface area contributed by atoms with E-state index in [2.05, 4.69) is 11.4 Å². The van der Waals surface area contributed by atoms with Crippen LogP contribution >= 0.6 is 0 Å². The second kappa shape index (κ2) is 8.62. The van der Waals surface area contributed by atoms with Crippen LogP contribution < -0.4 is 0 Å². The smallest absolute Gasteiger partial charge is 0.671 e. The largest absolute Gasteiger partial charge is 2.00 e. The van der Waals surface area contributed by atoms with Crippen LogP contribution in [0.25, 0.3) is 0 Å². The summed E-state index contributed by atoms with van der Waals surface area (Å²) in [4.78, 5) is 3.84. The second-order valence-electron chi connectivity index (χ2n) is 2.36. The first-order valence-corrected chi connectivity index (χ1v) is 3.56. The summed E-state index contributed by atoms with van der Waals surface area (Å²) in [5.74, 6) is 0. The van der Waals surface area contributed by atoms with Crippen molar-refractivity contribution >= 4 is 6.40 Å². The van der Waals surface area contributed by atoms with Gasteiger partial charge in [0.2, 0.25) is 0 Å². The van der Waals surface area contributed by atoms with Crippen LogP contribution in [0.5, 0.6) is 0 Å². The van der Waals surface area contributed by atoms with Gasteiger partial charge in [-0.2, -0.15) is 13.8 Å². The van der Waals surface area contributed by atoms with Gasteiger partial charge < -0.3 is 16.2 Å². The predicted molar refractivity (Wildman–Crippen MR) is 43.1 cm³/mol. The Kier molecular flexibility index (Phi) is 11.0. The first-order chi connectivity index (χ1) is 4.72. The van der Waals surface area contributed by atoms with Gasteiger partial charge in [0.1, 0.15) is 0 Å². The summed E-state index contributed by atoms with van der Waals surface area (Å²) >= 11 is 0. The third-order valence-corrected chi connectivity index (χ3v) is 1.17. The molecule has 2 atom stereocenters. The fourth-order valence-corrected chi connectivity index (χ4v) is 0.400. The standard InChI is InChI=1S/C5H8NO.C3H7.U/c1-4-5(2)7-3-6-4;1-3-2;/h4-5H,1-2H3;3H,1-2H3;/q2*-1;+2. The number of nitrogens with zero attached hydrogens (tertiary/aromatic N) is 1. The van der Waals surface area contributed by atoms with Crippen molar-refractivity contribution in [1.82, 2.24) is 0 Å².